The molecule has 4 rings (SSSR count). The standard InChI is InChI=1S/C16H23N7O2/c1-10-15(20-21-22(10)2)19-16(24)18-12-6-8-25-14(12)13-5-7-17-23(13)9-11-3-4-11/h5,7,11-12,14H,3-4,6,8-9H2,1-2H3,(H2,18,19,24)/t12-,14-/m1/s1. The van der Waals surface area contributed by atoms with E-state index in [0.29, 0.717) is 12.4 Å². The van der Waals surface area contributed by atoms with Crippen LogP contribution in [0.15, 0.2) is 12.3 Å². The SMILES string of the molecule is Cc1c(NC(=O)N[C@@H]2CCO[C@H]2c2ccnn2CC2CC2)nnn1C. The fraction of sp³-hybridized carbons (Fsp3) is 0.625. The van der Waals surface area contributed by atoms with Gasteiger partial charge in [-0.25, -0.2) is 4.79 Å². The van der Waals surface area contributed by atoms with E-state index in [4.69, 9.17) is 4.74 Å². The first-order chi connectivity index (χ1) is 12.1. The molecule has 1 aliphatic carbocycles. The van der Waals surface area contributed by atoms with Gasteiger partial charge < -0.3 is 10.1 Å². The Kier molecular flexibility index (Phi) is 4.16. The van der Waals surface area contributed by atoms with E-state index in [0.717, 1.165) is 30.3 Å². The number of nitrogens with zero attached hydrogens (tertiary/aromatic N) is 5. The van der Waals surface area contributed by atoms with E-state index in [1.807, 2.05) is 17.7 Å². The second kappa shape index (κ2) is 6.47. The number of hydrogen-bond donors (Lipinski definition) is 2. The molecule has 1 saturated heterocycles. The third kappa shape index (κ3) is 3.37. The molecule has 0 unspecified atom stereocenters. The summed E-state index contributed by atoms with van der Waals surface area (Å²) in [5.74, 6) is 1.20. The molecule has 2 atom stereocenters. The average molecular weight is 345 g/mol. The van der Waals surface area contributed by atoms with Crippen LogP contribution in [0.25, 0.3) is 0 Å². The van der Waals surface area contributed by atoms with Crippen molar-refractivity contribution in [2.45, 2.75) is 44.9 Å². The Bertz CT molecular complexity index is 764. The summed E-state index contributed by atoms with van der Waals surface area (Å²) in [7, 11) is 1.79. The molecule has 0 aromatic carbocycles. The van der Waals surface area contributed by atoms with Crippen LogP contribution >= 0.6 is 0 Å². The number of rotatable bonds is 5. The normalized spacial score (nSPS) is 23.0. The third-order valence-electron chi connectivity index (χ3n) is 4.92. The van der Waals surface area contributed by atoms with Gasteiger partial charge in [0.25, 0.3) is 0 Å². The van der Waals surface area contributed by atoms with Crippen molar-refractivity contribution >= 4 is 11.8 Å². The van der Waals surface area contributed by atoms with E-state index in [2.05, 4.69) is 26.0 Å². The highest BCUT2D eigenvalue weighted by atomic mass is 16.5. The van der Waals surface area contributed by atoms with Gasteiger partial charge >= 0.3 is 6.03 Å². The first-order valence-electron chi connectivity index (χ1n) is 8.69. The average Bonchev–Trinajstić information content (AvgIpc) is 2.95. The Morgan fingerprint density at radius 1 is 1.40 bits per heavy atom. The minimum absolute atomic E-state index is 0.0911. The summed E-state index contributed by atoms with van der Waals surface area (Å²) < 4.78 is 9.54. The predicted octanol–water partition coefficient (Wildman–Crippen LogP) is 1.38. The van der Waals surface area contributed by atoms with Crippen molar-refractivity contribution < 1.29 is 9.53 Å². The van der Waals surface area contributed by atoms with Gasteiger partial charge in [-0.15, -0.1) is 5.10 Å². The molecule has 2 N–H and O–H groups in total. The molecule has 9 heteroatoms. The zero-order valence-corrected chi connectivity index (χ0v) is 14.5. The van der Waals surface area contributed by atoms with Crippen molar-refractivity contribution in [2.75, 3.05) is 11.9 Å². The zero-order valence-electron chi connectivity index (χ0n) is 14.5. The molecule has 2 amide bonds. The summed E-state index contributed by atoms with van der Waals surface area (Å²) in [5, 5.41) is 18.0. The van der Waals surface area contributed by atoms with Gasteiger partial charge in [-0.05, 0) is 38.2 Å². The van der Waals surface area contributed by atoms with Crippen molar-refractivity contribution in [3.05, 3.63) is 23.7 Å². The number of hydrogen-bond acceptors (Lipinski definition) is 5. The number of ether oxygens (including phenoxy) is 1. The Morgan fingerprint density at radius 3 is 2.96 bits per heavy atom. The summed E-state index contributed by atoms with van der Waals surface area (Å²) in [4.78, 5) is 12.3. The second-order valence-corrected chi connectivity index (χ2v) is 6.81. The van der Waals surface area contributed by atoms with Crippen molar-refractivity contribution in [3.63, 3.8) is 0 Å². The van der Waals surface area contributed by atoms with Gasteiger partial charge in [-0.2, -0.15) is 5.10 Å². The summed E-state index contributed by atoms with van der Waals surface area (Å²) in [6, 6.07) is 1.60. The minimum Gasteiger partial charge on any atom is -0.370 e. The van der Waals surface area contributed by atoms with Gasteiger partial charge in [0.05, 0.1) is 17.4 Å². The van der Waals surface area contributed by atoms with Crippen LogP contribution in [0, 0.1) is 12.8 Å². The van der Waals surface area contributed by atoms with Crippen LogP contribution in [-0.4, -0.2) is 43.5 Å². The molecular weight excluding hydrogens is 322 g/mol. The van der Waals surface area contributed by atoms with E-state index in [1.165, 1.54) is 12.8 Å². The van der Waals surface area contributed by atoms with Crippen LogP contribution in [0.1, 0.15) is 36.8 Å². The molecule has 9 nitrogen and oxygen atoms in total. The van der Waals surface area contributed by atoms with Gasteiger partial charge in [0.15, 0.2) is 5.82 Å². The molecule has 1 aliphatic heterocycles. The summed E-state index contributed by atoms with van der Waals surface area (Å²) in [6.45, 7) is 3.40. The summed E-state index contributed by atoms with van der Waals surface area (Å²) in [5.41, 5.74) is 1.84. The molecule has 1 saturated carbocycles. The molecule has 134 valence electrons. The molecule has 0 radical (unpaired) electrons. The number of aryl methyl sites for hydroxylation is 1. The Balaban J connectivity index is 1.42. The lowest BCUT2D eigenvalue weighted by molar-refractivity contribution is 0.0926. The van der Waals surface area contributed by atoms with Crippen LogP contribution in [0.5, 0.6) is 0 Å². The number of carbonyl (C=O) groups excluding carboxylic acids is 1. The number of anilines is 1. The highest BCUT2D eigenvalue weighted by Gasteiger charge is 2.34. The number of amides is 2. The topological polar surface area (TPSA) is 98.9 Å². The van der Waals surface area contributed by atoms with Crippen molar-refractivity contribution in [2.24, 2.45) is 13.0 Å². The van der Waals surface area contributed by atoms with Crippen LogP contribution in [0.2, 0.25) is 0 Å². The lowest BCUT2D eigenvalue weighted by atomic mass is 10.1. The van der Waals surface area contributed by atoms with E-state index >= 15 is 0 Å². The fourth-order valence-corrected chi connectivity index (χ4v) is 3.14. The van der Waals surface area contributed by atoms with Crippen molar-refractivity contribution in [1.82, 2.24) is 30.1 Å². The van der Waals surface area contributed by atoms with Crippen LogP contribution < -0.4 is 10.6 Å². The fourth-order valence-electron chi connectivity index (χ4n) is 3.14. The highest BCUT2D eigenvalue weighted by molar-refractivity contribution is 5.88. The monoisotopic (exact) mass is 345 g/mol. The van der Waals surface area contributed by atoms with Crippen LogP contribution in [0.4, 0.5) is 10.6 Å². The number of urea groups is 1. The molecule has 3 heterocycles. The molecule has 2 fully saturated rings. The number of nitrogens with one attached hydrogen (secondary N) is 2. The molecule has 2 aliphatic rings. The van der Waals surface area contributed by atoms with Gasteiger partial charge in [0, 0.05) is 26.4 Å². The summed E-state index contributed by atoms with van der Waals surface area (Å²) >= 11 is 0. The number of carbonyl (C=O) groups is 1. The molecule has 0 spiro atoms. The van der Waals surface area contributed by atoms with E-state index < -0.39 is 0 Å². The van der Waals surface area contributed by atoms with E-state index in [1.54, 1.807) is 17.9 Å². The molecule has 25 heavy (non-hydrogen) atoms. The van der Waals surface area contributed by atoms with Crippen molar-refractivity contribution in [3.8, 4) is 0 Å². The maximum Gasteiger partial charge on any atom is 0.320 e. The minimum atomic E-state index is -0.294. The summed E-state index contributed by atoms with van der Waals surface area (Å²) in [6.07, 6.45) is 4.94. The lowest BCUT2D eigenvalue weighted by Gasteiger charge is -2.21. The molecule has 2 aromatic rings. The molecule has 2 aromatic heterocycles. The Morgan fingerprint density at radius 2 is 2.24 bits per heavy atom. The van der Waals surface area contributed by atoms with Gasteiger partial charge in [0.2, 0.25) is 0 Å². The van der Waals surface area contributed by atoms with Crippen molar-refractivity contribution in [1.29, 1.82) is 0 Å². The molecule has 0 bridgehead atoms. The predicted molar refractivity (Wildman–Crippen MR) is 89.9 cm³/mol. The Hall–Kier alpha value is -2.42. The van der Waals surface area contributed by atoms with E-state index in [-0.39, 0.29) is 18.2 Å². The zero-order chi connectivity index (χ0) is 17.4. The maximum absolute atomic E-state index is 12.3. The lowest BCUT2D eigenvalue weighted by Crippen LogP contribution is -2.40. The maximum atomic E-state index is 12.3. The van der Waals surface area contributed by atoms with Crippen LogP contribution in [0.3, 0.4) is 0 Å². The quantitative estimate of drug-likeness (QED) is 0.853. The second-order valence-electron chi connectivity index (χ2n) is 6.81. The first kappa shape index (κ1) is 16.1. The third-order valence-corrected chi connectivity index (χ3v) is 4.92. The first-order valence-corrected chi connectivity index (χ1v) is 8.69. The number of aromatic nitrogens is 5. The Labute approximate surface area is 145 Å². The van der Waals surface area contributed by atoms with E-state index in [9.17, 15) is 4.79 Å². The molecular formula is C16H23N7O2. The largest absolute Gasteiger partial charge is 0.370 e. The highest BCUT2D eigenvalue weighted by Crippen LogP contribution is 2.34. The van der Waals surface area contributed by atoms with Gasteiger partial charge in [0.1, 0.15) is 6.10 Å². The van der Waals surface area contributed by atoms with Gasteiger partial charge in [-0.3, -0.25) is 14.7 Å². The smallest absolute Gasteiger partial charge is 0.320 e. The van der Waals surface area contributed by atoms with Gasteiger partial charge in [-0.1, -0.05) is 5.21 Å². The van der Waals surface area contributed by atoms with Crippen LogP contribution in [-0.2, 0) is 18.3 Å².